The predicted molar refractivity (Wildman–Crippen MR) is 87.0 cm³/mol. The number of hydrogen-bond donors (Lipinski definition) is 0. The number of nitrogens with zero attached hydrogens (tertiary/aromatic N) is 1. The number of hydrogen-bond acceptors (Lipinski definition) is 2. The molecule has 0 unspecified atom stereocenters. The molecule has 0 atom stereocenters. The Morgan fingerprint density at radius 1 is 0.952 bits per heavy atom. The second-order valence-electron chi connectivity index (χ2n) is 4.15. The molecule has 0 aliphatic rings. The normalized spacial score (nSPS) is 12.7. The molecule has 2 rings (SSSR count). The maximum atomic E-state index is 12.1. The second kappa shape index (κ2) is 6.36. The Hall–Kier alpha value is -1.07. The molecule has 0 saturated carbocycles. The molecule has 2 aromatic carbocycles. The monoisotopic (exact) mass is 361 g/mol. The molecule has 0 N–H and O–H groups in total. The summed E-state index contributed by atoms with van der Waals surface area (Å²) in [6.07, 6.45) is 0.995. The molecule has 0 heterocycles. The van der Waals surface area contributed by atoms with Crippen molar-refractivity contribution in [3.05, 3.63) is 65.2 Å². The van der Waals surface area contributed by atoms with Crippen molar-refractivity contribution in [3.63, 3.8) is 0 Å². The Balaban J connectivity index is 2.29. The van der Waals surface area contributed by atoms with Crippen molar-refractivity contribution >= 4 is 51.0 Å². The summed E-state index contributed by atoms with van der Waals surface area (Å²) in [5, 5.41) is 0.436. The fraction of sp³-hybridized carbons (Fsp3) is 0.0714. The Morgan fingerprint density at radius 3 is 2.10 bits per heavy atom. The van der Waals surface area contributed by atoms with Gasteiger partial charge in [0.05, 0.1) is 11.1 Å². The van der Waals surface area contributed by atoms with Crippen LogP contribution in [-0.2, 0) is 14.4 Å². The highest BCUT2D eigenvalue weighted by molar-refractivity contribution is 7.90. The van der Waals surface area contributed by atoms with Crippen molar-refractivity contribution in [1.82, 2.24) is 0 Å². The molecule has 7 heteroatoms. The quantitative estimate of drug-likeness (QED) is 0.596. The van der Waals surface area contributed by atoms with Crippen LogP contribution in [0.4, 0.5) is 0 Å². The largest absolute Gasteiger partial charge is 0.282 e. The van der Waals surface area contributed by atoms with Crippen LogP contribution >= 0.6 is 34.8 Å². The van der Waals surface area contributed by atoms with Gasteiger partial charge in [0.1, 0.15) is 0 Å². The summed E-state index contributed by atoms with van der Waals surface area (Å²) in [7, 11) is -3.88. The highest BCUT2D eigenvalue weighted by atomic mass is 35.5. The van der Waals surface area contributed by atoms with E-state index in [1.54, 1.807) is 30.3 Å². The summed E-state index contributed by atoms with van der Waals surface area (Å²) in [5.41, 5.74) is 0.531. The van der Waals surface area contributed by atoms with Gasteiger partial charge in [-0.25, -0.2) is 0 Å². The molecule has 0 aliphatic carbocycles. The first-order valence-corrected chi connectivity index (χ1v) is 8.39. The third-order valence-corrected chi connectivity index (χ3v) is 4.76. The van der Waals surface area contributed by atoms with E-state index in [1.807, 2.05) is 0 Å². The highest BCUT2D eigenvalue weighted by Crippen LogP contribution is 2.32. The number of alkyl halides is 2. The first-order chi connectivity index (χ1) is 9.81. The third-order valence-electron chi connectivity index (χ3n) is 2.62. The maximum Gasteiger partial charge on any atom is 0.282 e. The van der Waals surface area contributed by atoms with Gasteiger partial charge in [-0.1, -0.05) is 65.1 Å². The summed E-state index contributed by atoms with van der Waals surface area (Å²) in [6, 6.07) is 14.3. The number of sulfonamides is 1. The van der Waals surface area contributed by atoms with E-state index in [4.69, 9.17) is 34.8 Å². The molecule has 0 amide bonds. The minimum absolute atomic E-state index is 0.0142. The second-order valence-corrected chi connectivity index (χ2v) is 7.61. The first-order valence-electron chi connectivity index (χ1n) is 5.82. The van der Waals surface area contributed by atoms with E-state index in [0.717, 1.165) is 6.21 Å². The molecule has 0 bridgehead atoms. The summed E-state index contributed by atoms with van der Waals surface area (Å²) in [6.45, 7) is 0. The lowest BCUT2D eigenvalue weighted by atomic mass is 10.1. The molecule has 110 valence electrons. The zero-order valence-electron chi connectivity index (χ0n) is 10.6. The fourth-order valence-corrected chi connectivity index (χ4v) is 3.03. The van der Waals surface area contributed by atoms with Gasteiger partial charge in [0.2, 0.25) is 0 Å². The van der Waals surface area contributed by atoms with Crippen LogP contribution in [-0.4, -0.2) is 14.6 Å². The first kappa shape index (κ1) is 16.3. The van der Waals surface area contributed by atoms with Crippen molar-refractivity contribution in [2.75, 3.05) is 0 Å². The van der Waals surface area contributed by atoms with Gasteiger partial charge < -0.3 is 0 Å². The summed E-state index contributed by atoms with van der Waals surface area (Å²) in [4.78, 5) is 0.0142. The Morgan fingerprint density at radius 2 is 1.52 bits per heavy atom. The van der Waals surface area contributed by atoms with E-state index in [9.17, 15) is 8.42 Å². The number of benzene rings is 2. The molecule has 0 spiro atoms. The Bertz CT molecular complexity index is 742. The van der Waals surface area contributed by atoms with E-state index < -0.39 is 14.4 Å². The standard InChI is InChI=1S/C14H10Cl3NO2S/c15-12-6-8-13(9-7-12)21(19,20)18-10-14(16,17)11-4-2-1-3-5-11/h1-10H. The average Bonchev–Trinajstić information content (AvgIpc) is 2.47. The molecule has 0 radical (unpaired) electrons. The SMILES string of the molecule is O=S(=O)(N=CC(Cl)(Cl)c1ccccc1)c1ccc(Cl)cc1. The lowest BCUT2D eigenvalue weighted by Crippen LogP contribution is -2.13. The topological polar surface area (TPSA) is 46.5 Å². The Kier molecular flexibility index (Phi) is 4.94. The van der Waals surface area contributed by atoms with Crippen molar-refractivity contribution in [1.29, 1.82) is 0 Å². The summed E-state index contributed by atoms with van der Waals surface area (Å²) in [5.74, 6) is 0. The number of halogens is 3. The van der Waals surface area contributed by atoms with E-state index in [2.05, 4.69) is 4.40 Å². The van der Waals surface area contributed by atoms with Crippen LogP contribution in [0.1, 0.15) is 5.56 Å². The van der Waals surface area contributed by atoms with Crippen LogP contribution in [0.15, 0.2) is 63.9 Å². The van der Waals surface area contributed by atoms with Gasteiger partial charge in [-0.15, -0.1) is 0 Å². The zero-order chi connectivity index (χ0) is 15.5. The molecular weight excluding hydrogens is 353 g/mol. The average molecular weight is 363 g/mol. The fourth-order valence-electron chi connectivity index (χ4n) is 1.54. The van der Waals surface area contributed by atoms with Crippen LogP contribution in [0, 0.1) is 0 Å². The van der Waals surface area contributed by atoms with Crippen LogP contribution in [0.25, 0.3) is 0 Å². The lowest BCUT2D eigenvalue weighted by molar-refractivity contribution is 0.598. The van der Waals surface area contributed by atoms with Crippen LogP contribution in [0.5, 0.6) is 0 Å². The predicted octanol–water partition coefficient (Wildman–Crippen LogP) is 4.43. The molecular formula is C14H10Cl3NO2S. The minimum Gasteiger partial charge on any atom is -0.199 e. The van der Waals surface area contributed by atoms with Gasteiger partial charge in [-0.3, -0.25) is 0 Å². The van der Waals surface area contributed by atoms with Crippen molar-refractivity contribution in [2.24, 2.45) is 4.40 Å². The van der Waals surface area contributed by atoms with Gasteiger partial charge >= 0.3 is 0 Å². The van der Waals surface area contributed by atoms with E-state index >= 15 is 0 Å². The molecule has 0 aromatic heterocycles. The van der Waals surface area contributed by atoms with Crippen LogP contribution in [0.2, 0.25) is 5.02 Å². The summed E-state index contributed by atoms with van der Waals surface area (Å²) >= 11 is 17.9. The van der Waals surface area contributed by atoms with Crippen molar-refractivity contribution < 1.29 is 8.42 Å². The van der Waals surface area contributed by atoms with Crippen molar-refractivity contribution in [3.8, 4) is 0 Å². The molecule has 21 heavy (non-hydrogen) atoms. The molecule has 2 aromatic rings. The smallest absolute Gasteiger partial charge is 0.199 e. The molecule has 0 saturated heterocycles. The van der Waals surface area contributed by atoms with Crippen LogP contribution < -0.4 is 0 Å². The van der Waals surface area contributed by atoms with Gasteiger partial charge in [-0.2, -0.15) is 12.8 Å². The zero-order valence-corrected chi connectivity index (χ0v) is 13.7. The third kappa shape index (κ3) is 4.20. The van der Waals surface area contributed by atoms with Gasteiger partial charge in [0, 0.05) is 5.02 Å². The van der Waals surface area contributed by atoms with Gasteiger partial charge in [0.25, 0.3) is 10.0 Å². The molecule has 3 nitrogen and oxygen atoms in total. The Labute approximate surface area is 138 Å². The van der Waals surface area contributed by atoms with Gasteiger partial charge in [-0.05, 0) is 29.8 Å². The van der Waals surface area contributed by atoms with E-state index in [-0.39, 0.29) is 4.90 Å². The van der Waals surface area contributed by atoms with Crippen molar-refractivity contribution in [2.45, 2.75) is 9.23 Å². The summed E-state index contributed by atoms with van der Waals surface area (Å²) < 4.78 is 26.1. The van der Waals surface area contributed by atoms with Gasteiger partial charge in [0.15, 0.2) is 4.33 Å². The number of rotatable bonds is 4. The van der Waals surface area contributed by atoms with E-state index in [1.165, 1.54) is 24.3 Å². The lowest BCUT2D eigenvalue weighted by Gasteiger charge is -2.14. The minimum atomic E-state index is -3.88. The highest BCUT2D eigenvalue weighted by Gasteiger charge is 2.25. The molecule has 0 fully saturated rings. The van der Waals surface area contributed by atoms with Crippen LogP contribution in [0.3, 0.4) is 0 Å². The maximum absolute atomic E-state index is 12.1. The molecule has 0 aliphatic heterocycles. The van der Waals surface area contributed by atoms with E-state index in [0.29, 0.717) is 10.6 Å².